The average Bonchev–Trinajstić information content (AvgIpc) is 2.54. The fourth-order valence-corrected chi connectivity index (χ4v) is 2.09. The third-order valence-corrected chi connectivity index (χ3v) is 2.85. The first-order valence-corrected chi connectivity index (χ1v) is 5.46. The average molecular weight is 193 g/mol. The zero-order chi connectivity index (χ0) is 9.68. The van der Waals surface area contributed by atoms with Crippen LogP contribution in [-0.2, 0) is 0 Å². The summed E-state index contributed by atoms with van der Waals surface area (Å²) in [7, 11) is 0. The van der Waals surface area contributed by atoms with Crippen molar-refractivity contribution in [2.45, 2.75) is 26.3 Å². The summed E-state index contributed by atoms with van der Waals surface area (Å²) in [5.74, 6) is 2.78. The summed E-state index contributed by atoms with van der Waals surface area (Å²) in [5.41, 5.74) is 2.54. The van der Waals surface area contributed by atoms with Gasteiger partial charge < -0.3 is 0 Å². The number of aryl methyl sites for hydroxylation is 1. The fourth-order valence-electron chi connectivity index (χ4n) is 1.21. The van der Waals surface area contributed by atoms with Gasteiger partial charge in [-0.05, 0) is 41.8 Å². The van der Waals surface area contributed by atoms with Crippen LogP contribution >= 0.6 is 11.3 Å². The second-order valence-electron chi connectivity index (χ2n) is 3.06. The van der Waals surface area contributed by atoms with Gasteiger partial charge in [0.1, 0.15) is 0 Å². The Morgan fingerprint density at radius 3 is 2.85 bits per heavy atom. The van der Waals surface area contributed by atoms with Crippen molar-refractivity contribution in [1.82, 2.24) is 5.32 Å². The molecule has 0 fully saturated rings. The molecule has 1 rings (SSSR count). The summed E-state index contributed by atoms with van der Waals surface area (Å²) in [5, 5.41) is 7.59. The van der Waals surface area contributed by atoms with Crippen LogP contribution in [0.15, 0.2) is 10.8 Å². The van der Waals surface area contributed by atoms with Crippen LogP contribution in [0.4, 0.5) is 0 Å². The highest BCUT2D eigenvalue weighted by Crippen LogP contribution is 2.20. The first-order chi connectivity index (χ1) is 6.29. The molecule has 1 atom stereocenters. The monoisotopic (exact) mass is 193 g/mol. The van der Waals surface area contributed by atoms with Gasteiger partial charge in [-0.3, -0.25) is 5.32 Å². The zero-order valence-corrected chi connectivity index (χ0v) is 8.95. The number of terminal acetylenes is 1. The third kappa shape index (κ3) is 2.58. The Hall–Kier alpha value is -0.780. The Morgan fingerprint density at radius 1 is 1.62 bits per heavy atom. The molecule has 1 nitrogen and oxygen atoms in total. The standard InChI is InChI=1S/C11H15NS/c1-4-6-12-11(5-2)10-8-13-7-9(10)3/h2,7-8,11-12H,4,6H2,1,3H3. The lowest BCUT2D eigenvalue weighted by Gasteiger charge is -2.11. The maximum Gasteiger partial charge on any atom is 0.0953 e. The quantitative estimate of drug-likeness (QED) is 0.725. The van der Waals surface area contributed by atoms with E-state index in [1.165, 1.54) is 11.1 Å². The van der Waals surface area contributed by atoms with E-state index in [0.29, 0.717) is 0 Å². The summed E-state index contributed by atoms with van der Waals surface area (Å²) >= 11 is 1.71. The summed E-state index contributed by atoms with van der Waals surface area (Å²) < 4.78 is 0. The lowest BCUT2D eigenvalue weighted by atomic mass is 10.1. The Morgan fingerprint density at radius 2 is 2.38 bits per heavy atom. The maximum absolute atomic E-state index is 5.47. The minimum absolute atomic E-state index is 0.0891. The molecule has 0 radical (unpaired) electrons. The smallest absolute Gasteiger partial charge is 0.0953 e. The van der Waals surface area contributed by atoms with E-state index in [1.54, 1.807) is 11.3 Å². The SMILES string of the molecule is C#CC(NCCC)c1cscc1C. The van der Waals surface area contributed by atoms with Crippen molar-refractivity contribution in [3.63, 3.8) is 0 Å². The topological polar surface area (TPSA) is 12.0 Å². The van der Waals surface area contributed by atoms with Crippen LogP contribution in [0.25, 0.3) is 0 Å². The molecule has 1 aromatic heterocycles. The molecule has 0 aromatic carbocycles. The molecular weight excluding hydrogens is 178 g/mol. The van der Waals surface area contributed by atoms with Crippen LogP contribution in [0.5, 0.6) is 0 Å². The van der Waals surface area contributed by atoms with Gasteiger partial charge in [0.15, 0.2) is 0 Å². The molecule has 1 unspecified atom stereocenters. The number of hydrogen-bond acceptors (Lipinski definition) is 2. The second kappa shape index (κ2) is 5.06. The van der Waals surface area contributed by atoms with Gasteiger partial charge in [-0.2, -0.15) is 11.3 Å². The van der Waals surface area contributed by atoms with Gasteiger partial charge in [0.25, 0.3) is 0 Å². The number of nitrogens with one attached hydrogen (secondary N) is 1. The molecule has 0 amide bonds. The molecule has 0 saturated heterocycles. The van der Waals surface area contributed by atoms with Crippen molar-refractivity contribution in [3.8, 4) is 12.3 Å². The predicted octanol–water partition coefficient (Wildman–Crippen LogP) is 2.73. The van der Waals surface area contributed by atoms with Gasteiger partial charge in [0, 0.05) is 0 Å². The molecule has 2 heteroatoms. The summed E-state index contributed by atoms with van der Waals surface area (Å²) in [6.45, 7) is 5.22. The molecule has 0 aliphatic heterocycles. The van der Waals surface area contributed by atoms with E-state index in [4.69, 9.17) is 6.42 Å². The van der Waals surface area contributed by atoms with Crippen molar-refractivity contribution in [3.05, 3.63) is 21.9 Å². The van der Waals surface area contributed by atoms with Crippen LogP contribution in [0.2, 0.25) is 0 Å². The van der Waals surface area contributed by atoms with E-state index in [9.17, 15) is 0 Å². The zero-order valence-electron chi connectivity index (χ0n) is 8.13. The fraction of sp³-hybridized carbons (Fsp3) is 0.455. The van der Waals surface area contributed by atoms with Crippen LogP contribution in [0.1, 0.15) is 30.5 Å². The molecule has 1 aromatic rings. The van der Waals surface area contributed by atoms with Crippen LogP contribution in [0.3, 0.4) is 0 Å². The molecule has 1 N–H and O–H groups in total. The van der Waals surface area contributed by atoms with Gasteiger partial charge in [-0.1, -0.05) is 12.8 Å². The van der Waals surface area contributed by atoms with E-state index >= 15 is 0 Å². The highest BCUT2D eigenvalue weighted by Gasteiger charge is 2.09. The van der Waals surface area contributed by atoms with E-state index in [2.05, 4.69) is 35.8 Å². The van der Waals surface area contributed by atoms with Crippen LogP contribution in [-0.4, -0.2) is 6.54 Å². The van der Waals surface area contributed by atoms with E-state index < -0.39 is 0 Å². The van der Waals surface area contributed by atoms with Gasteiger partial charge in [0.05, 0.1) is 6.04 Å². The van der Waals surface area contributed by atoms with E-state index in [-0.39, 0.29) is 6.04 Å². The molecule has 70 valence electrons. The molecule has 0 saturated carbocycles. The molecule has 0 aliphatic rings. The summed E-state index contributed by atoms with van der Waals surface area (Å²) in [4.78, 5) is 0. The van der Waals surface area contributed by atoms with Crippen molar-refractivity contribution in [2.24, 2.45) is 0 Å². The normalized spacial score (nSPS) is 12.4. The molecule has 0 bridgehead atoms. The minimum atomic E-state index is 0.0891. The lowest BCUT2D eigenvalue weighted by Crippen LogP contribution is -2.20. The first kappa shape index (κ1) is 10.3. The highest BCUT2D eigenvalue weighted by molar-refractivity contribution is 7.08. The van der Waals surface area contributed by atoms with Gasteiger partial charge in [-0.15, -0.1) is 6.42 Å². The number of hydrogen-bond donors (Lipinski definition) is 1. The maximum atomic E-state index is 5.47. The summed E-state index contributed by atoms with van der Waals surface area (Å²) in [6, 6.07) is 0.0891. The van der Waals surface area contributed by atoms with Crippen LogP contribution in [0, 0.1) is 19.3 Å². The first-order valence-electron chi connectivity index (χ1n) is 4.51. The van der Waals surface area contributed by atoms with Gasteiger partial charge in [0.2, 0.25) is 0 Å². The molecular formula is C11H15NS. The largest absolute Gasteiger partial charge is 0.300 e. The Labute approximate surface area is 84.2 Å². The summed E-state index contributed by atoms with van der Waals surface area (Å²) in [6.07, 6.45) is 6.58. The van der Waals surface area contributed by atoms with E-state index in [0.717, 1.165) is 13.0 Å². The third-order valence-electron chi connectivity index (χ3n) is 1.97. The van der Waals surface area contributed by atoms with Gasteiger partial charge in [-0.25, -0.2) is 0 Å². The Balaban J connectivity index is 2.68. The van der Waals surface area contributed by atoms with E-state index in [1.807, 2.05) is 0 Å². The molecule has 1 heterocycles. The lowest BCUT2D eigenvalue weighted by molar-refractivity contribution is 0.626. The molecule has 13 heavy (non-hydrogen) atoms. The Kier molecular flexibility index (Phi) is 4.01. The van der Waals surface area contributed by atoms with Crippen molar-refractivity contribution < 1.29 is 0 Å². The molecule has 0 spiro atoms. The van der Waals surface area contributed by atoms with Crippen molar-refractivity contribution >= 4 is 11.3 Å². The van der Waals surface area contributed by atoms with Crippen molar-refractivity contribution in [2.75, 3.05) is 6.54 Å². The van der Waals surface area contributed by atoms with Crippen LogP contribution < -0.4 is 5.32 Å². The molecule has 0 aliphatic carbocycles. The predicted molar refractivity (Wildman–Crippen MR) is 58.9 cm³/mol. The minimum Gasteiger partial charge on any atom is -0.300 e. The number of thiophene rings is 1. The highest BCUT2D eigenvalue weighted by atomic mass is 32.1. The Bertz CT molecular complexity index is 295. The number of rotatable bonds is 4. The second-order valence-corrected chi connectivity index (χ2v) is 3.81. The van der Waals surface area contributed by atoms with Crippen molar-refractivity contribution in [1.29, 1.82) is 0 Å². The van der Waals surface area contributed by atoms with Gasteiger partial charge >= 0.3 is 0 Å².